The summed E-state index contributed by atoms with van der Waals surface area (Å²) in [7, 11) is 0. The molecule has 0 fully saturated rings. The fourth-order valence-electron chi connectivity index (χ4n) is 1.46. The van der Waals surface area contributed by atoms with Gasteiger partial charge >= 0.3 is 12.1 Å². The Hall–Kier alpha value is -3.02. The molecule has 122 valence electrons. The molecule has 1 aromatic carbocycles. The summed E-state index contributed by atoms with van der Waals surface area (Å²) in [5.41, 5.74) is -2.12. The van der Waals surface area contributed by atoms with Gasteiger partial charge < -0.3 is 15.7 Å². The second-order valence-corrected chi connectivity index (χ2v) is 4.39. The van der Waals surface area contributed by atoms with Gasteiger partial charge in [-0.05, 0) is 19.1 Å². The van der Waals surface area contributed by atoms with Gasteiger partial charge in [-0.15, -0.1) is 0 Å². The molecule has 0 aromatic heterocycles. The van der Waals surface area contributed by atoms with Crippen LogP contribution in [-0.2, 0) is 15.8 Å². The highest BCUT2D eigenvalue weighted by Gasteiger charge is 2.33. The van der Waals surface area contributed by atoms with Gasteiger partial charge in [0.05, 0.1) is 11.3 Å². The van der Waals surface area contributed by atoms with Crippen LogP contribution in [0.25, 0.3) is 0 Å². The van der Waals surface area contributed by atoms with E-state index in [2.05, 4.69) is 5.32 Å². The molecule has 1 aromatic rings. The first-order chi connectivity index (χ1) is 10.7. The van der Waals surface area contributed by atoms with E-state index in [1.54, 1.807) is 0 Å². The van der Waals surface area contributed by atoms with E-state index in [4.69, 9.17) is 10.4 Å². The van der Waals surface area contributed by atoms with Crippen LogP contribution >= 0.6 is 0 Å². The summed E-state index contributed by atoms with van der Waals surface area (Å²) < 4.78 is 38.4. The molecule has 0 bridgehead atoms. The summed E-state index contributed by atoms with van der Waals surface area (Å²) in [5.74, 6) is -2.31. The maximum Gasteiger partial charge on any atom is 0.418 e. The van der Waals surface area contributed by atoms with E-state index in [9.17, 15) is 22.8 Å². The molecule has 1 rings (SSSR count). The van der Waals surface area contributed by atoms with Crippen molar-refractivity contribution < 1.29 is 27.9 Å². The Kier molecular flexibility index (Phi) is 5.73. The number of para-hydroxylation sites is 1. The number of carbonyl (C=O) groups excluding carboxylic acids is 1. The van der Waals surface area contributed by atoms with Crippen molar-refractivity contribution in [3.05, 3.63) is 41.6 Å². The zero-order chi connectivity index (χ0) is 17.6. The molecule has 0 saturated heterocycles. The molecule has 0 aliphatic rings. The zero-order valence-electron chi connectivity index (χ0n) is 11.8. The van der Waals surface area contributed by atoms with E-state index in [1.165, 1.54) is 19.1 Å². The van der Waals surface area contributed by atoms with Crippen LogP contribution in [-0.4, -0.2) is 23.0 Å². The van der Waals surface area contributed by atoms with Crippen molar-refractivity contribution in [2.45, 2.75) is 19.1 Å². The highest BCUT2D eigenvalue weighted by molar-refractivity contribution is 6.06. The molecule has 0 heterocycles. The van der Waals surface area contributed by atoms with Gasteiger partial charge in [-0.2, -0.15) is 18.4 Å². The Labute approximate surface area is 129 Å². The van der Waals surface area contributed by atoms with Gasteiger partial charge in [0.1, 0.15) is 17.7 Å². The number of rotatable bonds is 5. The third-order valence-corrected chi connectivity index (χ3v) is 2.69. The lowest BCUT2D eigenvalue weighted by atomic mass is 10.1. The minimum atomic E-state index is -4.67. The number of nitrogens with one attached hydrogen (secondary N) is 2. The molecular formula is C14H12F3N3O3. The van der Waals surface area contributed by atoms with Crippen molar-refractivity contribution >= 4 is 17.6 Å². The highest BCUT2D eigenvalue weighted by atomic mass is 19.4. The van der Waals surface area contributed by atoms with E-state index in [1.807, 2.05) is 5.32 Å². The Morgan fingerprint density at radius 2 is 1.96 bits per heavy atom. The number of carboxylic acids is 1. The van der Waals surface area contributed by atoms with Gasteiger partial charge in [-0.1, -0.05) is 12.1 Å². The number of alkyl halides is 3. The van der Waals surface area contributed by atoms with E-state index in [0.717, 1.165) is 24.4 Å². The van der Waals surface area contributed by atoms with Crippen molar-refractivity contribution in [1.29, 1.82) is 5.26 Å². The van der Waals surface area contributed by atoms with Crippen molar-refractivity contribution in [3.8, 4) is 6.07 Å². The second kappa shape index (κ2) is 7.31. The van der Waals surface area contributed by atoms with Gasteiger partial charge in [0, 0.05) is 6.20 Å². The SMILES string of the molecule is CC(N/C=C(/C#N)C(=O)Nc1ccccc1C(F)(F)F)C(=O)O. The Morgan fingerprint density at radius 1 is 1.35 bits per heavy atom. The third-order valence-electron chi connectivity index (χ3n) is 2.69. The quantitative estimate of drug-likeness (QED) is 0.568. The molecule has 0 radical (unpaired) electrons. The average molecular weight is 327 g/mol. The van der Waals surface area contributed by atoms with Gasteiger partial charge in [0.15, 0.2) is 0 Å². The summed E-state index contributed by atoms with van der Waals surface area (Å²) in [6.07, 6.45) is -3.83. The molecule has 0 aliphatic carbocycles. The molecule has 0 spiro atoms. The number of carboxylic acid groups (broad SMARTS) is 1. The van der Waals surface area contributed by atoms with E-state index in [-0.39, 0.29) is 0 Å². The largest absolute Gasteiger partial charge is 0.480 e. The fourth-order valence-corrected chi connectivity index (χ4v) is 1.46. The number of anilines is 1. The van der Waals surface area contributed by atoms with Gasteiger partial charge in [-0.25, -0.2) is 0 Å². The first-order valence-electron chi connectivity index (χ1n) is 6.23. The van der Waals surface area contributed by atoms with Crippen LogP contribution in [0.4, 0.5) is 18.9 Å². The Morgan fingerprint density at radius 3 is 2.48 bits per heavy atom. The van der Waals surface area contributed by atoms with Crippen molar-refractivity contribution in [2.75, 3.05) is 5.32 Å². The highest BCUT2D eigenvalue weighted by Crippen LogP contribution is 2.34. The van der Waals surface area contributed by atoms with Crippen molar-refractivity contribution in [2.24, 2.45) is 0 Å². The van der Waals surface area contributed by atoms with Crippen molar-refractivity contribution in [1.82, 2.24) is 5.32 Å². The van der Waals surface area contributed by atoms with Crippen LogP contribution in [0.3, 0.4) is 0 Å². The minimum Gasteiger partial charge on any atom is -0.480 e. The molecule has 6 nitrogen and oxygen atoms in total. The lowest BCUT2D eigenvalue weighted by molar-refractivity contribution is -0.139. The van der Waals surface area contributed by atoms with Crippen LogP contribution in [0.15, 0.2) is 36.0 Å². The monoisotopic (exact) mass is 327 g/mol. The molecule has 1 atom stereocenters. The molecular weight excluding hydrogens is 315 g/mol. The zero-order valence-corrected chi connectivity index (χ0v) is 11.8. The number of aliphatic carboxylic acids is 1. The molecule has 0 saturated carbocycles. The summed E-state index contributed by atoms with van der Waals surface area (Å²) in [6, 6.07) is 4.70. The van der Waals surface area contributed by atoms with Crippen LogP contribution < -0.4 is 10.6 Å². The molecule has 3 N–H and O–H groups in total. The molecule has 23 heavy (non-hydrogen) atoms. The van der Waals surface area contributed by atoms with Crippen LogP contribution in [0.1, 0.15) is 12.5 Å². The second-order valence-electron chi connectivity index (χ2n) is 4.39. The van der Waals surface area contributed by atoms with Gasteiger partial charge in [0.2, 0.25) is 0 Å². The molecule has 0 aliphatic heterocycles. The lowest BCUT2D eigenvalue weighted by Crippen LogP contribution is -2.30. The number of halogens is 3. The normalized spacial score (nSPS) is 12.9. The van der Waals surface area contributed by atoms with Gasteiger partial charge in [-0.3, -0.25) is 9.59 Å². The number of amides is 1. The number of nitrogens with zero attached hydrogens (tertiary/aromatic N) is 1. The lowest BCUT2D eigenvalue weighted by Gasteiger charge is -2.13. The van der Waals surface area contributed by atoms with E-state index < -0.39 is 40.9 Å². The number of nitriles is 1. The summed E-state index contributed by atoms with van der Waals surface area (Å²) in [4.78, 5) is 22.5. The predicted octanol–water partition coefficient (Wildman–Crippen LogP) is 2.11. The standard InChI is InChI=1S/C14H12F3N3O3/c1-8(13(22)23)19-7-9(6-18)12(21)20-11-5-3-2-4-10(11)14(15,16)17/h2-5,7-8,19H,1H3,(H,20,21)(H,22,23)/b9-7-. The van der Waals surface area contributed by atoms with Crippen LogP contribution in [0.2, 0.25) is 0 Å². The molecule has 1 amide bonds. The predicted molar refractivity (Wildman–Crippen MR) is 74.0 cm³/mol. The van der Waals surface area contributed by atoms with Crippen molar-refractivity contribution in [3.63, 3.8) is 0 Å². The number of benzene rings is 1. The minimum absolute atomic E-state index is 0.502. The number of hydrogen-bond acceptors (Lipinski definition) is 4. The smallest absolute Gasteiger partial charge is 0.418 e. The molecule has 1 unspecified atom stereocenters. The van der Waals surface area contributed by atoms with E-state index >= 15 is 0 Å². The third kappa shape index (κ3) is 5.03. The Bertz CT molecular complexity index is 678. The first kappa shape index (κ1) is 18.0. The Balaban J connectivity index is 2.97. The van der Waals surface area contributed by atoms with Gasteiger partial charge in [0.25, 0.3) is 5.91 Å². The summed E-state index contributed by atoms with van der Waals surface area (Å²) >= 11 is 0. The van der Waals surface area contributed by atoms with Crippen LogP contribution in [0.5, 0.6) is 0 Å². The van der Waals surface area contributed by atoms with Crippen LogP contribution in [0, 0.1) is 11.3 Å². The summed E-state index contributed by atoms with van der Waals surface area (Å²) in [6.45, 7) is 1.27. The maximum atomic E-state index is 12.8. The first-order valence-corrected chi connectivity index (χ1v) is 6.23. The number of carbonyl (C=O) groups is 2. The number of hydrogen-bond donors (Lipinski definition) is 3. The topological polar surface area (TPSA) is 102 Å². The van der Waals surface area contributed by atoms with E-state index in [0.29, 0.717) is 0 Å². The summed E-state index contributed by atoms with van der Waals surface area (Å²) in [5, 5.41) is 21.8. The molecule has 9 heteroatoms. The fraction of sp³-hybridized carbons (Fsp3) is 0.214. The average Bonchev–Trinajstić information content (AvgIpc) is 2.46. The maximum absolute atomic E-state index is 12.8.